The van der Waals surface area contributed by atoms with Gasteiger partial charge in [-0.25, -0.2) is 4.68 Å². The van der Waals surface area contributed by atoms with Crippen LogP contribution in [0, 0.1) is 10.7 Å². The summed E-state index contributed by atoms with van der Waals surface area (Å²) in [7, 11) is 0. The molecule has 2 fully saturated rings. The van der Waals surface area contributed by atoms with Gasteiger partial charge in [0.05, 0.1) is 6.67 Å². The van der Waals surface area contributed by atoms with Crippen molar-refractivity contribution in [1.29, 1.82) is 0 Å². The Balaban J connectivity index is 1.54. The zero-order valence-electron chi connectivity index (χ0n) is 16.7. The average molecular weight is 406 g/mol. The van der Waals surface area contributed by atoms with Crippen molar-refractivity contribution >= 4 is 12.2 Å². The van der Waals surface area contributed by atoms with E-state index in [1.165, 1.54) is 38.5 Å². The fourth-order valence-corrected chi connectivity index (χ4v) is 5.36. The second kappa shape index (κ2) is 8.20. The summed E-state index contributed by atoms with van der Waals surface area (Å²) in [5.41, 5.74) is 2.02. The van der Waals surface area contributed by atoms with Crippen LogP contribution in [0.3, 0.4) is 0 Å². The van der Waals surface area contributed by atoms with E-state index in [2.05, 4.69) is 26.6 Å². The molecule has 2 atom stereocenters. The second-order valence-corrected chi connectivity index (χ2v) is 8.59. The van der Waals surface area contributed by atoms with Crippen LogP contribution < -0.4 is 0 Å². The Labute approximate surface area is 177 Å². The minimum absolute atomic E-state index is 0.683. The lowest BCUT2D eigenvalue weighted by molar-refractivity contribution is 0.0324. The Morgan fingerprint density at radius 2 is 1.79 bits per heavy atom. The van der Waals surface area contributed by atoms with Gasteiger partial charge in [-0.3, -0.25) is 14.5 Å². The molecule has 3 heterocycles. The van der Waals surface area contributed by atoms with Crippen LogP contribution in [0.2, 0.25) is 0 Å². The summed E-state index contributed by atoms with van der Waals surface area (Å²) >= 11 is 5.93. The van der Waals surface area contributed by atoms with E-state index in [9.17, 15) is 0 Å². The number of fused-ring (bicyclic) bond motifs is 1. The molecule has 29 heavy (non-hydrogen) atoms. The number of para-hydroxylation sites is 1. The van der Waals surface area contributed by atoms with Gasteiger partial charge in [0, 0.05) is 36.2 Å². The molecule has 0 amide bonds. The fourth-order valence-electron chi connectivity index (χ4n) is 5.07. The van der Waals surface area contributed by atoms with E-state index in [-0.39, 0.29) is 0 Å². The predicted octanol–water partition coefficient (Wildman–Crippen LogP) is 5.08. The van der Waals surface area contributed by atoms with Gasteiger partial charge in [-0.1, -0.05) is 31.0 Å². The van der Waals surface area contributed by atoms with Crippen LogP contribution in [-0.4, -0.2) is 36.8 Å². The van der Waals surface area contributed by atoms with E-state index in [0.29, 0.717) is 6.04 Å². The molecular weight excluding hydrogens is 378 g/mol. The average Bonchev–Trinajstić information content (AvgIpc) is 3.11. The number of likely N-dealkylation sites (tertiary alicyclic amines) is 1. The summed E-state index contributed by atoms with van der Waals surface area (Å²) in [6, 6.07) is 15.0. The van der Waals surface area contributed by atoms with Crippen molar-refractivity contribution in [2.45, 2.75) is 51.2 Å². The van der Waals surface area contributed by atoms with Crippen LogP contribution in [0.15, 0.2) is 54.9 Å². The van der Waals surface area contributed by atoms with Crippen molar-refractivity contribution in [2.75, 3.05) is 6.54 Å². The first-order chi connectivity index (χ1) is 14.3. The van der Waals surface area contributed by atoms with Crippen LogP contribution in [0.5, 0.6) is 0 Å². The molecule has 5 nitrogen and oxygen atoms in total. The first-order valence-electron chi connectivity index (χ1n) is 10.7. The van der Waals surface area contributed by atoms with Gasteiger partial charge in [0.2, 0.25) is 4.77 Å². The zero-order valence-corrected chi connectivity index (χ0v) is 17.5. The summed E-state index contributed by atoms with van der Waals surface area (Å²) in [6.45, 7) is 1.91. The van der Waals surface area contributed by atoms with E-state index in [1.54, 1.807) is 6.20 Å². The highest BCUT2D eigenvalue weighted by Gasteiger charge is 2.33. The summed E-state index contributed by atoms with van der Waals surface area (Å²) in [6.07, 6.45) is 11.7. The Morgan fingerprint density at radius 3 is 2.62 bits per heavy atom. The molecule has 1 aliphatic carbocycles. The molecule has 0 spiro atoms. The van der Waals surface area contributed by atoms with Gasteiger partial charge in [-0.05, 0) is 68.1 Å². The second-order valence-electron chi connectivity index (χ2n) is 8.23. The van der Waals surface area contributed by atoms with Crippen LogP contribution in [0.4, 0.5) is 0 Å². The van der Waals surface area contributed by atoms with E-state index >= 15 is 0 Å². The van der Waals surface area contributed by atoms with Crippen molar-refractivity contribution in [3.05, 3.63) is 59.6 Å². The monoisotopic (exact) mass is 405 g/mol. The molecule has 0 bridgehead atoms. The van der Waals surface area contributed by atoms with Crippen LogP contribution in [-0.2, 0) is 6.67 Å². The standard InChI is InChI=1S/C23H27N5S/c29-23-27(17-26-15-7-10-18-8-4-5-13-21(18)26)25-22(19-9-6-14-24-16-19)28(23)20-11-2-1-3-12-20/h1-3,6,9,11-12,14,16,18,21H,4-5,7-8,10,13,15,17H2/t18-,21-/m0/s1. The predicted molar refractivity (Wildman–Crippen MR) is 117 cm³/mol. The highest BCUT2D eigenvalue weighted by atomic mass is 32.1. The zero-order chi connectivity index (χ0) is 19.6. The van der Waals surface area contributed by atoms with Crippen molar-refractivity contribution in [1.82, 2.24) is 24.2 Å². The quantitative estimate of drug-likeness (QED) is 0.568. The Hall–Kier alpha value is -2.31. The van der Waals surface area contributed by atoms with E-state index in [1.807, 2.05) is 41.2 Å². The van der Waals surface area contributed by atoms with E-state index < -0.39 is 0 Å². The first kappa shape index (κ1) is 18.7. The minimum atomic E-state index is 0.683. The molecule has 2 aliphatic rings. The number of rotatable bonds is 4. The molecule has 3 aromatic rings. The molecule has 0 N–H and O–H groups in total. The van der Waals surface area contributed by atoms with Crippen molar-refractivity contribution in [2.24, 2.45) is 5.92 Å². The van der Waals surface area contributed by atoms with Gasteiger partial charge in [-0.15, -0.1) is 5.10 Å². The molecule has 6 heteroatoms. The number of pyridine rings is 1. The molecule has 0 unspecified atom stereocenters. The van der Waals surface area contributed by atoms with Gasteiger partial charge in [0.1, 0.15) is 0 Å². The molecule has 1 saturated heterocycles. The molecule has 2 aromatic heterocycles. The van der Waals surface area contributed by atoms with Gasteiger partial charge < -0.3 is 0 Å². The Morgan fingerprint density at radius 1 is 0.966 bits per heavy atom. The topological polar surface area (TPSA) is 38.9 Å². The SMILES string of the molecule is S=c1n(CN2CCC[C@@H]3CCCC[C@@H]32)nc(-c2cccnc2)n1-c1ccccc1. The summed E-state index contributed by atoms with van der Waals surface area (Å²) in [5, 5.41) is 4.98. The smallest absolute Gasteiger partial charge is 0.204 e. The lowest BCUT2D eigenvalue weighted by Crippen LogP contribution is -2.47. The van der Waals surface area contributed by atoms with E-state index in [4.69, 9.17) is 17.3 Å². The third-order valence-electron chi connectivity index (χ3n) is 6.45. The van der Waals surface area contributed by atoms with Crippen molar-refractivity contribution < 1.29 is 0 Å². The van der Waals surface area contributed by atoms with E-state index in [0.717, 1.165) is 41.0 Å². The largest absolute Gasteiger partial charge is 0.281 e. The minimum Gasteiger partial charge on any atom is -0.281 e. The van der Waals surface area contributed by atoms with Gasteiger partial charge >= 0.3 is 0 Å². The molecule has 5 rings (SSSR count). The van der Waals surface area contributed by atoms with Crippen molar-refractivity contribution in [3.8, 4) is 17.1 Å². The molecule has 1 saturated carbocycles. The molecule has 1 aromatic carbocycles. The molecule has 1 aliphatic heterocycles. The number of benzene rings is 1. The van der Waals surface area contributed by atoms with Gasteiger partial charge in [0.15, 0.2) is 5.82 Å². The van der Waals surface area contributed by atoms with Gasteiger partial charge in [0.25, 0.3) is 0 Å². The maximum absolute atomic E-state index is 5.93. The van der Waals surface area contributed by atoms with Gasteiger partial charge in [-0.2, -0.15) is 0 Å². The maximum Gasteiger partial charge on any atom is 0.204 e. The third kappa shape index (κ3) is 3.67. The first-order valence-corrected chi connectivity index (χ1v) is 11.1. The lowest BCUT2D eigenvalue weighted by Gasteiger charge is -2.43. The fraction of sp³-hybridized carbons (Fsp3) is 0.435. The molecule has 0 radical (unpaired) electrons. The molecule has 150 valence electrons. The number of piperidine rings is 1. The van der Waals surface area contributed by atoms with Crippen LogP contribution >= 0.6 is 12.2 Å². The summed E-state index contributed by atoms with van der Waals surface area (Å²) < 4.78 is 4.84. The maximum atomic E-state index is 5.93. The normalized spacial score (nSPS) is 22.3. The number of nitrogens with zero attached hydrogens (tertiary/aromatic N) is 5. The number of hydrogen-bond acceptors (Lipinski definition) is 4. The number of hydrogen-bond donors (Lipinski definition) is 0. The Kier molecular flexibility index (Phi) is 5.29. The Bertz CT molecular complexity index is 1010. The third-order valence-corrected chi connectivity index (χ3v) is 6.84. The molecular formula is C23H27N5S. The van der Waals surface area contributed by atoms with Crippen molar-refractivity contribution in [3.63, 3.8) is 0 Å². The summed E-state index contributed by atoms with van der Waals surface area (Å²) in [5.74, 6) is 1.70. The van der Waals surface area contributed by atoms with Crippen LogP contribution in [0.25, 0.3) is 17.1 Å². The highest BCUT2D eigenvalue weighted by Crippen LogP contribution is 2.35. The lowest BCUT2D eigenvalue weighted by atomic mass is 9.78. The number of aromatic nitrogens is 4. The summed E-state index contributed by atoms with van der Waals surface area (Å²) in [4.78, 5) is 6.92. The highest BCUT2D eigenvalue weighted by molar-refractivity contribution is 7.71. The van der Waals surface area contributed by atoms with Crippen LogP contribution in [0.1, 0.15) is 38.5 Å².